The van der Waals surface area contributed by atoms with E-state index >= 15 is 0 Å². The van der Waals surface area contributed by atoms with Crippen LogP contribution in [0, 0.1) is 0 Å². The molecule has 1 atom stereocenters. The number of primary amides is 1. The number of unbranched alkanes of at least 4 members (excludes halogenated alkanes) is 3. The Morgan fingerprint density at radius 3 is 2.50 bits per heavy atom. The Hall–Kier alpha value is -2.05. The monoisotopic (exact) mass is 344 g/mol. The maximum Gasteiger partial charge on any atom is 0.416 e. The van der Waals surface area contributed by atoms with E-state index in [0.717, 1.165) is 37.8 Å². The Bertz CT molecular complexity index is 559. The van der Waals surface area contributed by atoms with Gasteiger partial charge in [0.25, 0.3) is 0 Å². The van der Waals surface area contributed by atoms with Crippen LogP contribution in [0.2, 0.25) is 0 Å². The van der Waals surface area contributed by atoms with Gasteiger partial charge < -0.3 is 11.1 Å². The number of carbonyl (C=O) groups is 2. The molecule has 1 aromatic rings. The summed E-state index contributed by atoms with van der Waals surface area (Å²) in [5, 5.41) is 2.51. The third-order valence-electron chi connectivity index (χ3n) is 3.64. The Balaban J connectivity index is 2.61. The van der Waals surface area contributed by atoms with Gasteiger partial charge in [-0.1, -0.05) is 50.8 Å². The van der Waals surface area contributed by atoms with E-state index in [2.05, 4.69) is 12.2 Å². The SMILES string of the molecule is CCCCCC[C@H](NC(=O)Cc1cccc(C(F)(F)F)c1)C(N)=O. The van der Waals surface area contributed by atoms with Crippen molar-refractivity contribution in [1.29, 1.82) is 0 Å². The fraction of sp³-hybridized carbons (Fsp3) is 0.529. The summed E-state index contributed by atoms with van der Waals surface area (Å²) in [6.45, 7) is 2.06. The van der Waals surface area contributed by atoms with Gasteiger partial charge >= 0.3 is 6.18 Å². The molecule has 24 heavy (non-hydrogen) atoms. The molecule has 1 rings (SSSR count). The topological polar surface area (TPSA) is 72.2 Å². The van der Waals surface area contributed by atoms with Crippen LogP contribution in [0.3, 0.4) is 0 Å². The summed E-state index contributed by atoms with van der Waals surface area (Å²) in [7, 11) is 0. The third-order valence-corrected chi connectivity index (χ3v) is 3.64. The van der Waals surface area contributed by atoms with Crippen molar-refractivity contribution >= 4 is 11.8 Å². The molecule has 2 amide bonds. The molecule has 0 aliphatic heterocycles. The van der Waals surface area contributed by atoms with E-state index in [9.17, 15) is 22.8 Å². The van der Waals surface area contributed by atoms with Crippen LogP contribution in [0.4, 0.5) is 13.2 Å². The predicted molar refractivity (Wildman–Crippen MR) is 85.0 cm³/mol. The fourth-order valence-corrected chi connectivity index (χ4v) is 2.35. The van der Waals surface area contributed by atoms with Gasteiger partial charge in [0.1, 0.15) is 6.04 Å². The first-order valence-corrected chi connectivity index (χ1v) is 7.99. The van der Waals surface area contributed by atoms with Crippen molar-refractivity contribution in [3.05, 3.63) is 35.4 Å². The molecular weight excluding hydrogens is 321 g/mol. The minimum absolute atomic E-state index is 0.233. The maximum atomic E-state index is 12.7. The first-order valence-electron chi connectivity index (χ1n) is 7.99. The maximum absolute atomic E-state index is 12.7. The zero-order valence-electron chi connectivity index (χ0n) is 13.7. The van der Waals surface area contributed by atoms with Crippen molar-refractivity contribution in [1.82, 2.24) is 5.32 Å². The summed E-state index contributed by atoms with van der Waals surface area (Å²) in [5.74, 6) is -1.16. The number of benzene rings is 1. The van der Waals surface area contributed by atoms with Gasteiger partial charge in [0.05, 0.1) is 12.0 Å². The van der Waals surface area contributed by atoms with Crippen LogP contribution in [0.5, 0.6) is 0 Å². The standard InChI is InChI=1S/C17H23F3N2O2/c1-2-3-4-5-9-14(16(21)24)22-15(23)11-12-7-6-8-13(10-12)17(18,19)20/h6-8,10,14H,2-5,9,11H2,1H3,(H2,21,24)(H,22,23)/t14-/m0/s1. The highest BCUT2D eigenvalue weighted by Crippen LogP contribution is 2.29. The lowest BCUT2D eigenvalue weighted by Gasteiger charge is -2.16. The van der Waals surface area contributed by atoms with Crippen LogP contribution in [-0.4, -0.2) is 17.9 Å². The molecule has 1 aromatic carbocycles. The second-order valence-corrected chi connectivity index (χ2v) is 5.75. The summed E-state index contributed by atoms with van der Waals surface area (Å²) in [4.78, 5) is 23.4. The first kappa shape index (κ1) is 20.0. The number of hydrogen-bond donors (Lipinski definition) is 2. The van der Waals surface area contributed by atoms with Gasteiger partial charge in [0.2, 0.25) is 11.8 Å². The van der Waals surface area contributed by atoms with E-state index in [0.29, 0.717) is 6.42 Å². The Morgan fingerprint density at radius 2 is 1.92 bits per heavy atom. The molecule has 0 saturated carbocycles. The highest BCUT2D eigenvalue weighted by Gasteiger charge is 2.30. The molecule has 0 fully saturated rings. The number of nitrogens with two attached hydrogens (primary N) is 1. The largest absolute Gasteiger partial charge is 0.416 e. The quantitative estimate of drug-likeness (QED) is 0.675. The van der Waals surface area contributed by atoms with Crippen LogP contribution >= 0.6 is 0 Å². The van der Waals surface area contributed by atoms with Crippen molar-refractivity contribution in [3.63, 3.8) is 0 Å². The summed E-state index contributed by atoms with van der Waals surface area (Å²) < 4.78 is 38.0. The molecular formula is C17H23F3N2O2. The van der Waals surface area contributed by atoms with Crippen molar-refractivity contribution in [2.24, 2.45) is 5.73 Å². The number of halogens is 3. The molecule has 0 aliphatic rings. The normalized spacial score (nSPS) is 12.7. The molecule has 0 aliphatic carbocycles. The van der Waals surface area contributed by atoms with Crippen molar-refractivity contribution in [2.75, 3.05) is 0 Å². The van der Waals surface area contributed by atoms with Gasteiger partial charge in [-0.3, -0.25) is 9.59 Å². The van der Waals surface area contributed by atoms with Crippen LogP contribution in [0.1, 0.15) is 50.2 Å². The van der Waals surface area contributed by atoms with Crippen LogP contribution in [0.15, 0.2) is 24.3 Å². The predicted octanol–water partition coefficient (Wildman–Crippen LogP) is 3.19. The minimum atomic E-state index is -4.46. The lowest BCUT2D eigenvalue weighted by molar-refractivity contribution is -0.137. The number of amides is 2. The molecule has 0 aromatic heterocycles. The van der Waals surface area contributed by atoms with Crippen LogP contribution in [-0.2, 0) is 22.2 Å². The second kappa shape index (κ2) is 9.30. The van der Waals surface area contributed by atoms with Gasteiger partial charge in [-0.2, -0.15) is 13.2 Å². The Labute approximate surface area is 139 Å². The molecule has 0 unspecified atom stereocenters. The number of nitrogens with one attached hydrogen (secondary N) is 1. The molecule has 7 heteroatoms. The van der Waals surface area contributed by atoms with Gasteiger partial charge in [-0.25, -0.2) is 0 Å². The zero-order valence-corrected chi connectivity index (χ0v) is 13.7. The number of hydrogen-bond acceptors (Lipinski definition) is 2. The van der Waals surface area contributed by atoms with Crippen LogP contribution < -0.4 is 11.1 Å². The summed E-state index contributed by atoms with van der Waals surface area (Å²) >= 11 is 0. The lowest BCUT2D eigenvalue weighted by Crippen LogP contribution is -2.45. The summed E-state index contributed by atoms with van der Waals surface area (Å²) in [6.07, 6.45) is -0.490. The molecule has 3 N–H and O–H groups in total. The van der Waals surface area contributed by atoms with E-state index in [-0.39, 0.29) is 12.0 Å². The lowest BCUT2D eigenvalue weighted by atomic mass is 10.0. The third kappa shape index (κ3) is 7.02. The smallest absolute Gasteiger partial charge is 0.368 e. The molecule has 0 heterocycles. The van der Waals surface area contributed by atoms with Crippen molar-refractivity contribution in [2.45, 2.75) is 57.7 Å². The first-order chi connectivity index (χ1) is 11.2. The molecule has 4 nitrogen and oxygen atoms in total. The van der Waals surface area contributed by atoms with Crippen molar-refractivity contribution in [3.8, 4) is 0 Å². The summed E-state index contributed by atoms with van der Waals surface area (Å²) in [6, 6.07) is 3.78. The Kier molecular flexibility index (Phi) is 7.74. The average Bonchev–Trinajstić information content (AvgIpc) is 2.49. The second-order valence-electron chi connectivity index (χ2n) is 5.75. The fourth-order valence-electron chi connectivity index (χ4n) is 2.35. The van der Waals surface area contributed by atoms with Gasteiger partial charge in [0, 0.05) is 0 Å². The molecule has 0 spiro atoms. The highest BCUT2D eigenvalue weighted by molar-refractivity contribution is 5.87. The molecule has 134 valence electrons. The van der Waals surface area contributed by atoms with Gasteiger partial charge in [-0.05, 0) is 18.1 Å². The molecule has 0 bridgehead atoms. The van der Waals surface area contributed by atoms with E-state index in [4.69, 9.17) is 5.73 Å². The van der Waals surface area contributed by atoms with E-state index < -0.39 is 29.6 Å². The summed E-state index contributed by atoms with van der Waals surface area (Å²) in [5.41, 5.74) is 4.70. The average molecular weight is 344 g/mol. The Morgan fingerprint density at radius 1 is 1.21 bits per heavy atom. The molecule has 0 radical (unpaired) electrons. The number of carbonyl (C=O) groups excluding carboxylic acids is 2. The minimum Gasteiger partial charge on any atom is -0.368 e. The van der Waals surface area contributed by atoms with Gasteiger partial charge in [-0.15, -0.1) is 0 Å². The zero-order chi connectivity index (χ0) is 18.2. The van der Waals surface area contributed by atoms with E-state index in [1.165, 1.54) is 12.1 Å². The van der Waals surface area contributed by atoms with Crippen molar-refractivity contribution < 1.29 is 22.8 Å². The number of alkyl halides is 3. The highest BCUT2D eigenvalue weighted by atomic mass is 19.4. The van der Waals surface area contributed by atoms with Gasteiger partial charge in [0.15, 0.2) is 0 Å². The molecule has 0 saturated heterocycles. The van der Waals surface area contributed by atoms with Crippen LogP contribution in [0.25, 0.3) is 0 Å². The van der Waals surface area contributed by atoms with E-state index in [1.807, 2.05) is 0 Å². The number of rotatable bonds is 9. The van der Waals surface area contributed by atoms with E-state index in [1.54, 1.807) is 0 Å².